The van der Waals surface area contributed by atoms with Crippen molar-refractivity contribution < 1.29 is 28.2 Å². The smallest absolute Gasteiger partial charge is 0.305 e. The number of likely N-dealkylation sites (tertiary alicyclic amines) is 1. The summed E-state index contributed by atoms with van der Waals surface area (Å²) in [5.74, 6) is 1.40. The fourth-order valence-corrected chi connectivity index (χ4v) is 3.04. The summed E-state index contributed by atoms with van der Waals surface area (Å²) in [6.07, 6.45) is 5.05. The van der Waals surface area contributed by atoms with Crippen LogP contribution in [0.5, 0.6) is 0 Å². The standard InChI is InChI=1S/C21H31F2NO4/c1-3-4-8-15-21(22,23)18(25)13-11-17-12-14-19(26)24(17)16-9-6-5-7-10-20(27)28-2/h11,13,17-18,25H,3,5-7,9-10,12,14-16H2,1-2H3/b13-11+/t17-,18+/m0/s1. The van der Waals surface area contributed by atoms with E-state index in [-0.39, 0.29) is 17.9 Å². The van der Waals surface area contributed by atoms with Crippen molar-refractivity contribution in [1.82, 2.24) is 4.90 Å². The van der Waals surface area contributed by atoms with E-state index in [0.717, 1.165) is 31.8 Å². The molecule has 0 saturated carbocycles. The van der Waals surface area contributed by atoms with Gasteiger partial charge in [-0.1, -0.05) is 37.8 Å². The van der Waals surface area contributed by atoms with E-state index in [2.05, 4.69) is 16.6 Å². The lowest BCUT2D eigenvalue weighted by Gasteiger charge is -2.23. The number of unbranched alkanes of at least 4 members (excludes halogenated alkanes) is 3. The zero-order chi connectivity index (χ0) is 21.0. The fraction of sp³-hybridized carbons (Fsp3) is 0.714. The van der Waals surface area contributed by atoms with Gasteiger partial charge in [0.25, 0.3) is 5.92 Å². The normalized spacial score (nSPS) is 18.2. The number of esters is 1. The molecule has 1 heterocycles. The molecule has 2 atom stereocenters. The van der Waals surface area contributed by atoms with Gasteiger partial charge in [-0.15, -0.1) is 5.92 Å². The first-order chi connectivity index (χ1) is 13.3. The van der Waals surface area contributed by atoms with Crippen molar-refractivity contribution in [2.45, 2.75) is 82.8 Å². The molecule has 0 spiro atoms. The minimum Gasteiger partial charge on any atom is -0.469 e. The number of halogens is 2. The number of amides is 1. The maximum Gasteiger partial charge on any atom is 0.305 e. The van der Waals surface area contributed by atoms with E-state index in [1.807, 2.05) is 0 Å². The average Bonchev–Trinajstić information content (AvgIpc) is 3.02. The van der Waals surface area contributed by atoms with Crippen molar-refractivity contribution >= 4 is 11.9 Å². The van der Waals surface area contributed by atoms with Gasteiger partial charge in [0.1, 0.15) is 6.10 Å². The van der Waals surface area contributed by atoms with E-state index in [9.17, 15) is 23.5 Å². The second kappa shape index (κ2) is 12.5. The number of carbonyl (C=O) groups is 2. The largest absolute Gasteiger partial charge is 0.469 e. The number of ether oxygens (including phenoxy) is 1. The van der Waals surface area contributed by atoms with Gasteiger partial charge < -0.3 is 14.7 Å². The maximum atomic E-state index is 13.9. The summed E-state index contributed by atoms with van der Waals surface area (Å²) >= 11 is 0. The summed E-state index contributed by atoms with van der Waals surface area (Å²) in [7, 11) is 1.36. The van der Waals surface area contributed by atoms with Crippen LogP contribution in [0.25, 0.3) is 0 Å². The highest BCUT2D eigenvalue weighted by Crippen LogP contribution is 2.26. The number of nitrogens with zero attached hydrogens (tertiary/aromatic N) is 1. The summed E-state index contributed by atoms with van der Waals surface area (Å²) < 4.78 is 32.3. The molecule has 1 aliphatic heterocycles. The van der Waals surface area contributed by atoms with Crippen LogP contribution in [0.2, 0.25) is 0 Å². The molecule has 158 valence electrons. The molecule has 0 bridgehead atoms. The highest BCUT2D eigenvalue weighted by atomic mass is 19.3. The van der Waals surface area contributed by atoms with Gasteiger partial charge in [-0.3, -0.25) is 9.59 Å². The lowest BCUT2D eigenvalue weighted by Crippen LogP contribution is -2.34. The van der Waals surface area contributed by atoms with Gasteiger partial charge >= 0.3 is 5.97 Å². The van der Waals surface area contributed by atoms with Crippen LogP contribution in [0.3, 0.4) is 0 Å². The van der Waals surface area contributed by atoms with Gasteiger partial charge in [-0.2, -0.15) is 0 Å². The van der Waals surface area contributed by atoms with Gasteiger partial charge in [0.2, 0.25) is 5.91 Å². The van der Waals surface area contributed by atoms with Crippen molar-refractivity contribution in [2.75, 3.05) is 13.7 Å². The van der Waals surface area contributed by atoms with Crippen LogP contribution in [0.15, 0.2) is 12.2 Å². The van der Waals surface area contributed by atoms with Gasteiger partial charge in [0.05, 0.1) is 19.6 Å². The van der Waals surface area contributed by atoms with Crippen LogP contribution in [-0.4, -0.2) is 53.6 Å². The molecule has 1 saturated heterocycles. The van der Waals surface area contributed by atoms with E-state index in [4.69, 9.17) is 0 Å². The summed E-state index contributed by atoms with van der Waals surface area (Å²) in [4.78, 5) is 24.8. The number of hydrogen-bond donors (Lipinski definition) is 1. The first-order valence-corrected chi connectivity index (χ1v) is 9.88. The molecule has 1 fully saturated rings. The topological polar surface area (TPSA) is 66.8 Å². The van der Waals surface area contributed by atoms with Gasteiger partial charge in [-0.25, -0.2) is 8.78 Å². The Balaban J connectivity index is 2.45. The number of methoxy groups -OCH3 is 1. The molecule has 5 nitrogen and oxygen atoms in total. The van der Waals surface area contributed by atoms with Crippen LogP contribution in [0.4, 0.5) is 8.78 Å². The lowest BCUT2D eigenvalue weighted by molar-refractivity contribution is -0.140. The SMILES string of the molecule is CCC#CCC(F)(F)[C@H](O)/C=C/[C@H]1CCC(=O)N1CCCCCCC(=O)OC. The Morgan fingerprint density at radius 2 is 2.07 bits per heavy atom. The number of aliphatic hydroxyl groups is 1. The summed E-state index contributed by atoms with van der Waals surface area (Å²) in [5.41, 5.74) is 0. The monoisotopic (exact) mass is 399 g/mol. The van der Waals surface area contributed by atoms with E-state index in [1.165, 1.54) is 13.2 Å². The van der Waals surface area contributed by atoms with Crippen LogP contribution >= 0.6 is 0 Å². The molecule has 0 radical (unpaired) electrons. The third kappa shape index (κ3) is 8.39. The summed E-state index contributed by atoms with van der Waals surface area (Å²) in [6.45, 7) is 2.31. The molecule has 0 unspecified atom stereocenters. The average molecular weight is 399 g/mol. The summed E-state index contributed by atoms with van der Waals surface area (Å²) in [6, 6.07) is -0.269. The maximum absolute atomic E-state index is 13.9. The molecule has 1 amide bonds. The van der Waals surface area contributed by atoms with E-state index >= 15 is 0 Å². The Labute approximate surface area is 166 Å². The Morgan fingerprint density at radius 3 is 2.75 bits per heavy atom. The number of alkyl halides is 2. The van der Waals surface area contributed by atoms with Crippen molar-refractivity contribution in [3.8, 4) is 11.8 Å². The van der Waals surface area contributed by atoms with Crippen LogP contribution in [0, 0.1) is 11.8 Å². The van der Waals surface area contributed by atoms with Gasteiger partial charge in [0.15, 0.2) is 0 Å². The zero-order valence-corrected chi connectivity index (χ0v) is 16.8. The Bertz CT molecular complexity index is 595. The van der Waals surface area contributed by atoms with Gasteiger partial charge in [0, 0.05) is 25.8 Å². The second-order valence-electron chi connectivity index (χ2n) is 6.91. The van der Waals surface area contributed by atoms with Crippen molar-refractivity contribution in [3.63, 3.8) is 0 Å². The predicted molar refractivity (Wildman–Crippen MR) is 103 cm³/mol. The van der Waals surface area contributed by atoms with Crippen LogP contribution < -0.4 is 0 Å². The summed E-state index contributed by atoms with van der Waals surface area (Å²) in [5, 5.41) is 9.78. The minimum absolute atomic E-state index is 0.000673. The minimum atomic E-state index is -3.31. The first kappa shape index (κ1) is 24.1. The third-order valence-electron chi connectivity index (χ3n) is 4.71. The molecule has 7 heteroatoms. The van der Waals surface area contributed by atoms with Crippen LogP contribution in [0.1, 0.15) is 64.7 Å². The van der Waals surface area contributed by atoms with Crippen molar-refractivity contribution in [1.29, 1.82) is 0 Å². The molecule has 1 rings (SSSR count). The van der Waals surface area contributed by atoms with Crippen LogP contribution in [-0.2, 0) is 14.3 Å². The fourth-order valence-electron chi connectivity index (χ4n) is 3.04. The molecule has 0 aromatic rings. The van der Waals surface area contributed by atoms with E-state index < -0.39 is 18.4 Å². The predicted octanol–water partition coefficient (Wildman–Crippen LogP) is 3.46. The highest BCUT2D eigenvalue weighted by Gasteiger charge is 2.36. The molecule has 0 aromatic carbocycles. The molecular formula is C21H31F2NO4. The molecule has 0 aromatic heterocycles. The second-order valence-corrected chi connectivity index (χ2v) is 6.91. The van der Waals surface area contributed by atoms with E-state index in [1.54, 1.807) is 11.8 Å². The Kier molecular flexibility index (Phi) is 10.8. The third-order valence-corrected chi connectivity index (χ3v) is 4.71. The first-order valence-electron chi connectivity index (χ1n) is 9.88. The molecule has 1 N–H and O–H groups in total. The quantitative estimate of drug-likeness (QED) is 0.250. The number of carbonyl (C=O) groups excluding carboxylic acids is 2. The van der Waals surface area contributed by atoms with Crippen molar-refractivity contribution in [2.24, 2.45) is 0 Å². The number of aliphatic hydroxyl groups excluding tert-OH is 1. The van der Waals surface area contributed by atoms with Gasteiger partial charge in [-0.05, 0) is 19.3 Å². The van der Waals surface area contributed by atoms with Crippen molar-refractivity contribution in [3.05, 3.63) is 12.2 Å². The number of hydrogen-bond acceptors (Lipinski definition) is 4. The Morgan fingerprint density at radius 1 is 1.36 bits per heavy atom. The molecular weight excluding hydrogens is 368 g/mol. The molecule has 0 aliphatic carbocycles. The zero-order valence-electron chi connectivity index (χ0n) is 16.8. The highest BCUT2D eigenvalue weighted by molar-refractivity contribution is 5.79. The Hall–Kier alpha value is -1.94. The molecule has 28 heavy (non-hydrogen) atoms. The number of rotatable bonds is 11. The van der Waals surface area contributed by atoms with E-state index in [0.29, 0.717) is 32.2 Å². The molecule has 1 aliphatic rings. The lowest BCUT2D eigenvalue weighted by atomic mass is 10.1.